The third kappa shape index (κ3) is 3.16. The molecule has 0 unspecified atom stereocenters. The van der Waals surface area contributed by atoms with Crippen molar-refractivity contribution in [2.45, 2.75) is 11.3 Å². The quantitative estimate of drug-likeness (QED) is 0.484. The monoisotopic (exact) mass is 260 g/mol. The van der Waals surface area contributed by atoms with E-state index < -0.39 is 22.4 Å². The molecule has 0 aliphatic heterocycles. The lowest BCUT2D eigenvalue weighted by molar-refractivity contribution is -0.136. The molecule has 4 N–H and O–H groups in total. The molecule has 0 fully saturated rings. The maximum Gasteiger partial charge on any atom is 0.307 e. The second kappa shape index (κ2) is 5.13. The van der Waals surface area contributed by atoms with Crippen LogP contribution in [0.1, 0.15) is 5.56 Å². The lowest BCUT2D eigenvalue weighted by Gasteiger charge is -2.09. The number of aliphatic carboxylic acids is 1. The number of methoxy groups -OCH3 is 1. The van der Waals surface area contributed by atoms with Gasteiger partial charge in [-0.15, -0.1) is 0 Å². The SMILES string of the molecule is COc1ccc(S(=O)(=O)NN)c(CC(=O)O)c1. The van der Waals surface area contributed by atoms with E-state index in [0.717, 1.165) is 0 Å². The summed E-state index contributed by atoms with van der Waals surface area (Å²) < 4.78 is 28.0. The fourth-order valence-electron chi connectivity index (χ4n) is 1.31. The van der Waals surface area contributed by atoms with Crippen molar-refractivity contribution in [2.24, 2.45) is 5.84 Å². The number of ether oxygens (including phenoxy) is 1. The largest absolute Gasteiger partial charge is 0.497 e. The molecule has 7 nitrogen and oxygen atoms in total. The number of sulfonamides is 1. The molecule has 0 radical (unpaired) electrons. The van der Waals surface area contributed by atoms with E-state index in [-0.39, 0.29) is 10.5 Å². The summed E-state index contributed by atoms with van der Waals surface area (Å²) in [5.41, 5.74) is 0.106. The molecule has 1 rings (SSSR count). The number of nitrogens with one attached hydrogen (secondary N) is 1. The van der Waals surface area contributed by atoms with Gasteiger partial charge < -0.3 is 9.84 Å². The topological polar surface area (TPSA) is 119 Å². The van der Waals surface area contributed by atoms with Crippen molar-refractivity contribution in [3.8, 4) is 5.75 Å². The van der Waals surface area contributed by atoms with Crippen LogP contribution in [-0.4, -0.2) is 26.6 Å². The Morgan fingerprint density at radius 1 is 1.53 bits per heavy atom. The van der Waals surface area contributed by atoms with Crippen LogP contribution in [0.25, 0.3) is 0 Å². The number of benzene rings is 1. The van der Waals surface area contributed by atoms with Gasteiger partial charge in [0.15, 0.2) is 0 Å². The summed E-state index contributed by atoms with van der Waals surface area (Å²) >= 11 is 0. The molecule has 0 atom stereocenters. The molecule has 0 heterocycles. The zero-order valence-corrected chi connectivity index (χ0v) is 9.82. The molecular formula is C9H12N2O5S. The summed E-state index contributed by atoms with van der Waals surface area (Å²) in [7, 11) is -2.49. The summed E-state index contributed by atoms with van der Waals surface area (Å²) in [6, 6.07) is 4.00. The third-order valence-corrected chi connectivity index (χ3v) is 3.34. The highest BCUT2D eigenvalue weighted by Gasteiger charge is 2.19. The Morgan fingerprint density at radius 3 is 2.65 bits per heavy atom. The van der Waals surface area contributed by atoms with E-state index in [1.54, 1.807) is 4.83 Å². The number of hydrogen-bond donors (Lipinski definition) is 3. The summed E-state index contributed by atoms with van der Waals surface area (Å²) in [6.45, 7) is 0. The van der Waals surface area contributed by atoms with Crippen LogP contribution in [0.3, 0.4) is 0 Å². The highest BCUT2D eigenvalue weighted by molar-refractivity contribution is 7.89. The molecule has 94 valence electrons. The van der Waals surface area contributed by atoms with Gasteiger partial charge in [-0.05, 0) is 23.8 Å². The lowest BCUT2D eigenvalue weighted by Crippen LogP contribution is -2.31. The predicted octanol–water partition coefficient (Wildman–Crippen LogP) is -0.526. The second-order valence-corrected chi connectivity index (χ2v) is 4.85. The fourth-order valence-corrected chi connectivity index (χ4v) is 2.16. The molecule has 8 heteroatoms. The van der Waals surface area contributed by atoms with Crippen LogP contribution in [0.4, 0.5) is 0 Å². The normalized spacial score (nSPS) is 11.2. The van der Waals surface area contributed by atoms with E-state index in [0.29, 0.717) is 5.75 Å². The minimum absolute atomic E-state index is 0.106. The molecule has 0 saturated heterocycles. The van der Waals surface area contributed by atoms with Crippen LogP contribution in [0.5, 0.6) is 5.75 Å². The van der Waals surface area contributed by atoms with Crippen molar-refractivity contribution in [2.75, 3.05) is 7.11 Å². The number of carboxylic acid groups (broad SMARTS) is 1. The standard InChI is InChI=1S/C9H12N2O5S/c1-16-7-2-3-8(17(14,15)11-10)6(4-7)5-9(12)13/h2-4,11H,5,10H2,1H3,(H,12,13). The zero-order chi connectivity index (χ0) is 13.1. The van der Waals surface area contributed by atoms with Crippen LogP contribution in [0.15, 0.2) is 23.1 Å². The molecule has 0 spiro atoms. The number of nitrogens with two attached hydrogens (primary N) is 1. The van der Waals surface area contributed by atoms with Crippen LogP contribution >= 0.6 is 0 Å². The fraction of sp³-hybridized carbons (Fsp3) is 0.222. The number of rotatable bonds is 5. The maximum atomic E-state index is 11.5. The maximum absolute atomic E-state index is 11.5. The summed E-state index contributed by atoms with van der Waals surface area (Å²) in [5.74, 6) is 4.12. The van der Waals surface area contributed by atoms with E-state index in [1.165, 1.54) is 25.3 Å². The third-order valence-electron chi connectivity index (χ3n) is 2.05. The molecule has 0 amide bonds. The first-order valence-electron chi connectivity index (χ1n) is 4.52. The number of carboxylic acids is 1. The first kappa shape index (κ1) is 13.4. The van der Waals surface area contributed by atoms with Gasteiger partial charge in [-0.2, -0.15) is 4.83 Å². The van der Waals surface area contributed by atoms with Gasteiger partial charge in [0.1, 0.15) is 5.75 Å². The molecule has 0 aliphatic carbocycles. The first-order valence-corrected chi connectivity index (χ1v) is 6.00. The number of hydrogen-bond acceptors (Lipinski definition) is 5. The Balaban J connectivity index is 3.34. The van der Waals surface area contributed by atoms with Gasteiger partial charge in [0, 0.05) is 0 Å². The second-order valence-electron chi connectivity index (χ2n) is 3.17. The van der Waals surface area contributed by atoms with E-state index >= 15 is 0 Å². The molecule has 1 aromatic rings. The molecular weight excluding hydrogens is 248 g/mol. The van der Waals surface area contributed by atoms with Gasteiger partial charge in [0.05, 0.1) is 18.4 Å². The minimum atomic E-state index is -3.89. The Hall–Kier alpha value is -1.64. The van der Waals surface area contributed by atoms with E-state index in [4.69, 9.17) is 15.7 Å². The summed E-state index contributed by atoms with van der Waals surface area (Å²) in [6.07, 6.45) is -0.437. The molecule has 0 aliphatic rings. The van der Waals surface area contributed by atoms with Crippen molar-refractivity contribution < 1.29 is 23.1 Å². The molecule has 0 saturated carbocycles. The Morgan fingerprint density at radius 2 is 2.18 bits per heavy atom. The highest BCUT2D eigenvalue weighted by Crippen LogP contribution is 2.21. The van der Waals surface area contributed by atoms with Crippen molar-refractivity contribution in [1.82, 2.24) is 4.83 Å². The van der Waals surface area contributed by atoms with Gasteiger partial charge in [-0.1, -0.05) is 0 Å². The van der Waals surface area contributed by atoms with Gasteiger partial charge in [-0.25, -0.2) is 8.42 Å². The average Bonchev–Trinajstić information content (AvgIpc) is 2.27. The van der Waals surface area contributed by atoms with Crippen LogP contribution in [0.2, 0.25) is 0 Å². The lowest BCUT2D eigenvalue weighted by atomic mass is 10.1. The van der Waals surface area contributed by atoms with Crippen molar-refractivity contribution in [3.63, 3.8) is 0 Å². The Bertz CT molecular complexity index is 526. The van der Waals surface area contributed by atoms with Crippen molar-refractivity contribution in [3.05, 3.63) is 23.8 Å². The van der Waals surface area contributed by atoms with Gasteiger partial charge >= 0.3 is 5.97 Å². The van der Waals surface area contributed by atoms with Crippen molar-refractivity contribution in [1.29, 1.82) is 0 Å². The number of hydrazine groups is 1. The van der Waals surface area contributed by atoms with Gasteiger partial charge in [0.25, 0.3) is 10.0 Å². The summed E-state index contributed by atoms with van der Waals surface area (Å²) in [4.78, 5) is 12.1. The molecule has 17 heavy (non-hydrogen) atoms. The Kier molecular flexibility index (Phi) is 4.05. The molecule has 0 bridgehead atoms. The van der Waals surface area contributed by atoms with Crippen LogP contribution in [0, 0.1) is 0 Å². The average molecular weight is 260 g/mol. The zero-order valence-electron chi connectivity index (χ0n) is 9.00. The van der Waals surface area contributed by atoms with Crippen LogP contribution < -0.4 is 15.4 Å². The van der Waals surface area contributed by atoms with E-state index in [2.05, 4.69) is 0 Å². The molecule has 0 aromatic heterocycles. The Labute approximate surface area is 98.2 Å². The van der Waals surface area contributed by atoms with E-state index in [9.17, 15) is 13.2 Å². The predicted molar refractivity (Wildman–Crippen MR) is 58.8 cm³/mol. The highest BCUT2D eigenvalue weighted by atomic mass is 32.2. The van der Waals surface area contributed by atoms with Gasteiger partial charge in [-0.3, -0.25) is 10.6 Å². The van der Waals surface area contributed by atoms with Crippen LogP contribution in [-0.2, 0) is 21.2 Å². The minimum Gasteiger partial charge on any atom is -0.497 e. The summed E-state index contributed by atoms with van der Waals surface area (Å²) in [5, 5.41) is 8.71. The number of carbonyl (C=O) groups is 1. The first-order chi connectivity index (χ1) is 7.90. The van der Waals surface area contributed by atoms with Gasteiger partial charge in [0.2, 0.25) is 0 Å². The smallest absolute Gasteiger partial charge is 0.307 e. The molecule has 1 aromatic carbocycles. The van der Waals surface area contributed by atoms with Crippen molar-refractivity contribution >= 4 is 16.0 Å². The van der Waals surface area contributed by atoms with E-state index in [1.807, 2.05) is 0 Å².